The van der Waals surface area contributed by atoms with Crippen LogP contribution in [-0.2, 0) is 11.3 Å². The monoisotopic (exact) mass is 429 g/mol. The number of amides is 1. The first-order valence-electron chi connectivity index (χ1n) is 8.77. The summed E-state index contributed by atoms with van der Waals surface area (Å²) in [6.07, 6.45) is 0. The Morgan fingerprint density at radius 2 is 1.75 bits per heavy atom. The zero-order valence-corrected chi connectivity index (χ0v) is 17.4. The molecule has 3 rings (SSSR count). The highest BCUT2D eigenvalue weighted by molar-refractivity contribution is 5.85. The molecule has 1 N–H and O–H groups in total. The number of halogens is 3. The predicted octanol–water partition coefficient (Wildman–Crippen LogP) is 3.43. The lowest BCUT2D eigenvalue weighted by atomic mass is 10.2. The van der Waals surface area contributed by atoms with E-state index in [1.54, 1.807) is 6.07 Å². The number of methoxy groups -OCH3 is 1. The molecule has 0 spiro atoms. The zero-order valence-electron chi connectivity index (χ0n) is 15.8. The number of piperazine rings is 1. The first-order valence-corrected chi connectivity index (χ1v) is 8.77. The van der Waals surface area contributed by atoms with Crippen molar-refractivity contribution in [2.45, 2.75) is 6.54 Å². The number of rotatable bonds is 6. The average molecular weight is 430 g/mol. The van der Waals surface area contributed by atoms with Crippen LogP contribution in [0.4, 0.5) is 10.1 Å². The number of ether oxygens (including phenoxy) is 1. The van der Waals surface area contributed by atoms with E-state index in [0.717, 1.165) is 24.3 Å². The summed E-state index contributed by atoms with van der Waals surface area (Å²) in [5, 5.41) is 3.15. The number of para-hydroxylation sites is 1. The molecule has 0 bridgehead atoms. The van der Waals surface area contributed by atoms with Crippen molar-refractivity contribution in [2.24, 2.45) is 0 Å². The van der Waals surface area contributed by atoms with Crippen LogP contribution in [0.25, 0.3) is 0 Å². The normalized spacial score (nSPS) is 13.9. The highest BCUT2D eigenvalue weighted by Crippen LogP contribution is 2.19. The molecule has 0 aromatic heterocycles. The minimum atomic E-state index is -0.342. The van der Waals surface area contributed by atoms with Crippen LogP contribution in [0, 0.1) is 5.82 Å². The van der Waals surface area contributed by atoms with E-state index in [0.29, 0.717) is 26.2 Å². The van der Waals surface area contributed by atoms with Crippen molar-refractivity contribution >= 4 is 36.4 Å². The van der Waals surface area contributed by atoms with Gasteiger partial charge in [0.1, 0.15) is 0 Å². The SMILES string of the molecule is COc1ccc(CN2CCN(C(=O)CNc3ccccc3)CC2)cc1F.Cl.Cl. The lowest BCUT2D eigenvalue weighted by molar-refractivity contribution is -0.131. The van der Waals surface area contributed by atoms with E-state index < -0.39 is 0 Å². The van der Waals surface area contributed by atoms with Gasteiger partial charge in [-0.2, -0.15) is 0 Å². The third-order valence-electron chi connectivity index (χ3n) is 4.56. The largest absolute Gasteiger partial charge is 0.494 e. The van der Waals surface area contributed by atoms with E-state index in [2.05, 4.69) is 10.2 Å². The Balaban J connectivity index is 0.00000196. The van der Waals surface area contributed by atoms with E-state index in [4.69, 9.17) is 4.74 Å². The molecule has 1 aliphatic heterocycles. The molecule has 8 heteroatoms. The van der Waals surface area contributed by atoms with Gasteiger partial charge in [0.05, 0.1) is 13.7 Å². The maximum absolute atomic E-state index is 13.8. The molecule has 154 valence electrons. The van der Waals surface area contributed by atoms with Crippen molar-refractivity contribution in [1.82, 2.24) is 9.80 Å². The number of anilines is 1. The third kappa shape index (κ3) is 6.55. The Bertz CT molecular complexity index is 741. The molecule has 2 aromatic rings. The Labute approximate surface area is 177 Å². The third-order valence-corrected chi connectivity index (χ3v) is 4.56. The second-order valence-electron chi connectivity index (χ2n) is 6.35. The Kier molecular flexibility index (Phi) is 10.1. The van der Waals surface area contributed by atoms with E-state index in [9.17, 15) is 9.18 Å². The molecular formula is C20H26Cl2FN3O2. The second kappa shape index (κ2) is 11.7. The molecule has 28 heavy (non-hydrogen) atoms. The number of hydrogen-bond donors (Lipinski definition) is 1. The van der Waals surface area contributed by atoms with Crippen LogP contribution < -0.4 is 10.1 Å². The van der Waals surface area contributed by atoms with Gasteiger partial charge in [-0.1, -0.05) is 24.3 Å². The zero-order chi connectivity index (χ0) is 18.4. The van der Waals surface area contributed by atoms with E-state index in [1.165, 1.54) is 13.2 Å². The van der Waals surface area contributed by atoms with E-state index >= 15 is 0 Å². The summed E-state index contributed by atoms with van der Waals surface area (Å²) in [7, 11) is 1.46. The van der Waals surface area contributed by atoms with E-state index in [1.807, 2.05) is 41.3 Å². The molecule has 0 radical (unpaired) electrons. The van der Waals surface area contributed by atoms with Gasteiger partial charge in [0.2, 0.25) is 5.91 Å². The summed E-state index contributed by atoms with van der Waals surface area (Å²) < 4.78 is 18.7. The van der Waals surface area contributed by atoms with Gasteiger partial charge in [-0.3, -0.25) is 9.69 Å². The molecule has 2 aromatic carbocycles. The van der Waals surface area contributed by atoms with Crippen molar-refractivity contribution < 1.29 is 13.9 Å². The second-order valence-corrected chi connectivity index (χ2v) is 6.35. The molecule has 0 atom stereocenters. The van der Waals surface area contributed by atoms with Gasteiger partial charge in [0.25, 0.3) is 0 Å². The summed E-state index contributed by atoms with van der Waals surface area (Å²) >= 11 is 0. The molecule has 1 aliphatic rings. The van der Waals surface area contributed by atoms with Crippen molar-refractivity contribution in [1.29, 1.82) is 0 Å². The van der Waals surface area contributed by atoms with Crippen molar-refractivity contribution in [3.05, 3.63) is 59.9 Å². The predicted molar refractivity (Wildman–Crippen MR) is 114 cm³/mol. The summed E-state index contributed by atoms with van der Waals surface area (Å²) in [5.41, 5.74) is 1.86. The summed E-state index contributed by atoms with van der Waals surface area (Å²) in [6, 6.07) is 14.8. The minimum Gasteiger partial charge on any atom is -0.494 e. The molecule has 5 nitrogen and oxygen atoms in total. The van der Waals surface area contributed by atoms with Crippen LogP contribution in [-0.4, -0.2) is 55.5 Å². The number of carbonyl (C=O) groups is 1. The number of nitrogens with one attached hydrogen (secondary N) is 1. The topological polar surface area (TPSA) is 44.8 Å². The van der Waals surface area contributed by atoms with Crippen LogP contribution in [0.3, 0.4) is 0 Å². The number of carbonyl (C=O) groups excluding carboxylic acids is 1. The van der Waals surface area contributed by atoms with Gasteiger partial charge in [-0.15, -0.1) is 24.8 Å². The van der Waals surface area contributed by atoms with Crippen LogP contribution in [0.15, 0.2) is 48.5 Å². The van der Waals surface area contributed by atoms with Gasteiger partial charge in [0, 0.05) is 38.4 Å². The van der Waals surface area contributed by atoms with Crippen molar-refractivity contribution in [2.75, 3.05) is 45.2 Å². The molecule has 0 unspecified atom stereocenters. The van der Waals surface area contributed by atoms with Gasteiger partial charge in [-0.25, -0.2) is 4.39 Å². The highest BCUT2D eigenvalue weighted by Gasteiger charge is 2.21. The average Bonchev–Trinajstić information content (AvgIpc) is 2.68. The molecule has 1 fully saturated rings. The Hall–Kier alpha value is -2.02. The van der Waals surface area contributed by atoms with Crippen LogP contribution in [0.5, 0.6) is 5.75 Å². The minimum absolute atomic E-state index is 0. The molecular weight excluding hydrogens is 404 g/mol. The first-order chi connectivity index (χ1) is 12.7. The van der Waals surface area contributed by atoms with Crippen LogP contribution in [0.2, 0.25) is 0 Å². The Morgan fingerprint density at radius 1 is 1.07 bits per heavy atom. The number of nitrogens with zero attached hydrogens (tertiary/aromatic N) is 2. The maximum atomic E-state index is 13.8. The standard InChI is InChI=1S/C20H24FN3O2.2ClH/c1-26-19-8-7-16(13-18(19)21)15-23-9-11-24(12-10-23)20(25)14-22-17-5-3-2-4-6-17;;/h2-8,13,22H,9-12,14-15H2,1H3;2*1H. The fourth-order valence-corrected chi connectivity index (χ4v) is 3.07. The smallest absolute Gasteiger partial charge is 0.241 e. The van der Waals surface area contributed by atoms with Crippen molar-refractivity contribution in [3.63, 3.8) is 0 Å². The van der Waals surface area contributed by atoms with Gasteiger partial charge in [-0.05, 0) is 29.8 Å². The first kappa shape index (κ1) is 24.0. The fourth-order valence-electron chi connectivity index (χ4n) is 3.07. The molecule has 0 saturated carbocycles. The quantitative estimate of drug-likeness (QED) is 0.763. The lowest BCUT2D eigenvalue weighted by Crippen LogP contribution is -2.49. The molecule has 1 amide bonds. The van der Waals surface area contributed by atoms with Gasteiger partial charge in [0.15, 0.2) is 11.6 Å². The highest BCUT2D eigenvalue weighted by atomic mass is 35.5. The lowest BCUT2D eigenvalue weighted by Gasteiger charge is -2.35. The van der Waals surface area contributed by atoms with Crippen LogP contribution in [0.1, 0.15) is 5.56 Å². The molecule has 0 aliphatic carbocycles. The number of hydrogen-bond acceptors (Lipinski definition) is 4. The maximum Gasteiger partial charge on any atom is 0.241 e. The summed E-state index contributed by atoms with van der Waals surface area (Å²) in [5.74, 6) is 0.0184. The number of benzene rings is 2. The fraction of sp³-hybridized carbons (Fsp3) is 0.350. The summed E-state index contributed by atoms with van der Waals surface area (Å²) in [6.45, 7) is 3.91. The molecule has 1 heterocycles. The molecule has 1 saturated heterocycles. The van der Waals surface area contributed by atoms with Crippen LogP contribution >= 0.6 is 24.8 Å². The van der Waals surface area contributed by atoms with Gasteiger partial charge < -0.3 is 15.0 Å². The summed E-state index contributed by atoms with van der Waals surface area (Å²) in [4.78, 5) is 16.4. The van der Waals surface area contributed by atoms with E-state index in [-0.39, 0.29) is 42.3 Å². The Morgan fingerprint density at radius 3 is 2.36 bits per heavy atom. The van der Waals surface area contributed by atoms with Gasteiger partial charge >= 0.3 is 0 Å². The van der Waals surface area contributed by atoms with Crippen molar-refractivity contribution in [3.8, 4) is 5.75 Å².